The summed E-state index contributed by atoms with van der Waals surface area (Å²) in [5.41, 5.74) is 15.8. The minimum absolute atomic E-state index is 0.0178. The number of aliphatic imine (C=N–C) groups is 1. The van der Waals surface area contributed by atoms with Gasteiger partial charge in [-0.3, -0.25) is 5.41 Å². The first-order valence-electron chi connectivity index (χ1n) is 5.25. The van der Waals surface area contributed by atoms with E-state index in [-0.39, 0.29) is 18.1 Å². The van der Waals surface area contributed by atoms with Crippen molar-refractivity contribution in [3.8, 4) is 0 Å². The molecule has 0 saturated heterocycles. The van der Waals surface area contributed by atoms with Gasteiger partial charge < -0.3 is 22.5 Å². The minimum atomic E-state index is -0.274. The van der Waals surface area contributed by atoms with Gasteiger partial charge in [0, 0.05) is 0 Å². The number of guanidine groups is 2. The number of unbranched alkanes of at least 4 members (excludes halogenated alkanes) is 3. The van der Waals surface area contributed by atoms with Crippen LogP contribution in [0.25, 0.3) is 0 Å². The third kappa shape index (κ3) is 8.86. The van der Waals surface area contributed by atoms with Crippen LogP contribution in [-0.4, -0.2) is 18.1 Å². The van der Waals surface area contributed by atoms with Crippen LogP contribution in [0.15, 0.2) is 4.99 Å². The van der Waals surface area contributed by atoms with E-state index in [1.165, 1.54) is 12.8 Å². The number of hydrogen-bond donors (Lipinski definition) is 5. The third-order valence-corrected chi connectivity index (χ3v) is 1.96. The molecular formula is C9H22N6. The van der Waals surface area contributed by atoms with Gasteiger partial charge in [0.2, 0.25) is 0 Å². The molecule has 0 spiro atoms. The topological polar surface area (TPSA) is 126 Å². The van der Waals surface area contributed by atoms with Crippen molar-refractivity contribution in [1.29, 1.82) is 5.41 Å². The highest BCUT2D eigenvalue weighted by Crippen LogP contribution is 2.06. The van der Waals surface area contributed by atoms with E-state index in [0.29, 0.717) is 0 Å². The van der Waals surface area contributed by atoms with Gasteiger partial charge in [0.25, 0.3) is 0 Å². The van der Waals surface area contributed by atoms with Crippen molar-refractivity contribution in [3.63, 3.8) is 0 Å². The normalized spacial score (nSPS) is 11.8. The van der Waals surface area contributed by atoms with Crippen molar-refractivity contribution >= 4 is 11.9 Å². The Balaban J connectivity index is 3.91. The second kappa shape index (κ2) is 7.90. The quantitative estimate of drug-likeness (QED) is 0.233. The van der Waals surface area contributed by atoms with Gasteiger partial charge in [-0.05, 0) is 12.8 Å². The van der Waals surface area contributed by atoms with Crippen LogP contribution in [0, 0.1) is 5.41 Å². The first-order valence-corrected chi connectivity index (χ1v) is 5.25. The zero-order valence-corrected chi connectivity index (χ0v) is 9.29. The molecule has 8 N–H and O–H groups in total. The van der Waals surface area contributed by atoms with Crippen LogP contribution in [0.5, 0.6) is 0 Å². The lowest BCUT2D eigenvalue weighted by Gasteiger charge is -2.14. The Morgan fingerprint density at radius 1 is 1.27 bits per heavy atom. The Morgan fingerprint density at radius 2 is 1.93 bits per heavy atom. The number of nitrogens with zero attached hydrogens (tertiary/aromatic N) is 1. The van der Waals surface area contributed by atoms with E-state index in [9.17, 15) is 0 Å². The Labute approximate surface area is 90.8 Å². The van der Waals surface area contributed by atoms with E-state index in [1.54, 1.807) is 0 Å². The molecule has 0 aliphatic rings. The third-order valence-electron chi connectivity index (χ3n) is 1.96. The highest BCUT2D eigenvalue weighted by Gasteiger charge is 2.06. The molecule has 0 fully saturated rings. The van der Waals surface area contributed by atoms with Crippen LogP contribution in [0.4, 0.5) is 0 Å². The largest absolute Gasteiger partial charge is 0.370 e. The molecule has 88 valence electrons. The molecule has 0 aliphatic heterocycles. The first-order chi connectivity index (χ1) is 7.06. The van der Waals surface area contributed by atoms with Crippen molar-refractivity contribution < 1.29 is 0 Å². The molecule has 1 unspecified atom stereocenters. The predicted molar refractivity (Wildman–Crippen MR) is 63.4 cm³/mol. The van der Waals surface area contributed by atoms with Gasteiger partial charge in [0.05, 0.1) is 0 Å². The molecule has 1 atom stereocenters. The highest BCUT2D eigenvalue weighted by atomic mass is 15.2. The van der Waals surface area contributed by atoms with Crippen LogP contribution in [0.3, 0.4) is 0 Å². The van der Waals surface area contributed by atoms with E-state index in [2.05, 4.69) is 17.2 Å². The van der Waals surface area contributed by atoms with Crippen molar-refractivity contribution in [2.45, 2.75) is 45.2 Å². The van der Waals surface area contributed by atoms with Crippen molar-refractivity contribution in [3.05, 3.63) is 0 Å². The molecule has 0 heterocycles. The summed E-state index contributed by atoms with van der Waals surface area (Å²) in [6.07, 6.45) is 5.07. The molecule has 0 saturated carbocycles. The Kier molecular flexibility index (Phi) is 7.13. The van der Waals surface area contributed by atoms with E-state index < -0.39 is 0 Å². The second-order valence-electron chi connectivity index (χ2n) is 3.48. The lowest BCUT2D eigenvalue weighted by Crippen LogP contribution is -2.40. The fraction of sp³-hybridized carbons (Fsp3) is 0.778. The van der Waals surface area contributed by atoms with Gasteiger partial charge in [-0.1, -0.05) is 26.2 Å². The first kappa shape index (κ1) is 13.5. The fourth-order valence-electron chi connectivity index (χ4n) is 1.29. The van der Waals surface area contributed by atoms with Gasteiger partial charge in [-0.2, -0.15) is 0 Å². The van der Waals surface area contributed by atoms with Crippen LogP contribution >= 0.6 is 0 Å². The summed E-state index contributed by atoms with van der Waals surface area (Å²) >= 11 is 0. The number of nitrogens with one attached hydrogen (secondary N) is 2. The molecule has 0 radical (unpaired) electrons. The van der Waals surface area contributed by atoms with Gasteiger partial charge in [0.1, 0.15) is 6.17 Å². The van der Waals surface area contributed by atoms with Crippen LogP contribution < -0.4 is 22.5 Å². The number of hydrogen-bond acceptors (Lipinski definition) is 2. The van der Waals surface area contributed by atoms with E-state index in [1.807, 2.05) is 0 Å². The maximum atomic E-state index is 7.10. The Hall–Kier alpha value is -1.46. The van der Waals surface area contributed by atoms with Gasteiger partial charge in [-0.15, -0.1) is 0 Å². The van der Waals surface area contributed by atoms with E-state index in [4.69, 9.17) is 22.6 Å². The molecule has 0 aliphatic carbocycles. The Morgan fingerprint density at radius 3 is 2.40 bits per heavy atom. The van der Waals surface area contributed by atoms with Gasteiger partial charge in [-0.25, -0.2) is 4.99 Å². The summed E-state index contributed by atoms with van der Waals surface area (Å²) in [5, 5.41) is 9.80. The van der Waals surface area contributed by atoms with Crippen LogP contribution in [-0.2, 0) is 0 Å². The highest BCUT2D eigenvalue weighted by molar-refractivity contribution is 5.77. The van der Waals surface area contributed by atoms with Crippen LogP contribution in [0.2, 0.25) is 0 Å². The van der Waals surface area contributed by atoms with E-state index >= 15 is 0 Å². The summed E-state index contributed by atoms with van der Waals surface area (Å²) in [4.78, 5) is 3.95. The molecule has 0 bridgehead atoms. The smallest absolute Gasteiger partial charge is 0.188 e. The average molecular weight is 214 g/mol. The SMILES string of the molecule is CCCCCCC(N=C(N)N)NC(=N)N. The molecule has 0 aromatic heterocycles. The van der Waals surface area contributed by atoms with Crippen molar-refractivity contribution in [2.24, 2.45) is 22.2 Å². The summed E-state index contributed by atoms with van der Waals surface area (Å²) < 4.78 is 0. The van der Waals surface area contributed by atoms with Gasteiger partial charge >= 0.3 is 0 Å². The molecule has 6 heteroatoms. The summed E-state index contributed by atoms with van der Waals surface area (Å²) in [6.45, 7) is 2.15. The molecule has 15 heavy (non-hydrogen) atoms. The number of nitrogens with two attached hydrogens (primary N) is 3. The molecule has 0 aromatic rings. The maximum Gasteiger partial charge on any atom is 0.188 e. The average Bonchev–Trinajstić information content (AvgIpc) is 2.10. The molecule has 6 nitrogen and oxygen atoms in total. The van der Waals surface area contributed by atoms with Crippen molar-refractivity contribution in [2.75, 3.05) is 0 Å². The lowest BCUT2D eigenvalue weighted by atomic mass is 10.1. The molecule has 0 aromatic carbocycles. The Bertz CT molecular complexity index is 209. The monoisotopic (exact) mass is 214 g/mol. The molecule has 0 rings (SSSR count). The van der Waals surface area contributed by atoms with Gasteiger partial charge in [0.15, 0.2) is 11.9 Å². The predicted octanol–water partition coefficient (Wildman–Crippen LogP) is 0.0394. The fourth-order valence-corrected chi connectivity index (χ4v) is 1.29. The van der Waals surface area contributed by atoms with Crippen LogP contribution in [0.1, 0.15) is 39.0 Å². The number of rotatable bonds is 7. The zero-order valence-electron chi connectivity index (χ0n) is 9.29. The summed E-state index contributed by atoms with van der Waals surface area (Å²) in [7, 11) is 0. The maximum absolute atomic E-state index is 7.10. The minimum Gasteiger partial charge on any atom is -0.370 e. The molecule has 0 amide bonds. The summed E-state index contributed by atoms with van der Waals surface area (Å²) in [5.74, 6) is -0.0928. The molecular weight excluding hydrogens is 192 g/mol. The second-order valence-corrected chi connectivity index (χ2v) is 3.48. The van der Waals surface area contributed by atoms with E-state index in [0.717, 1.165) is 19.3 Å². The summed E-state index contributed by atoms with van der Waals surface area (Å²) in [6, 6.07) is 0. The standard InChI is InChI=1S/C9H22N6/c1-2-3-4-5-6-7(14-8(10)11)15-9(12)13/h7H,2-6H2,1H3,(H4,10,11,14)(H4,12,13,15). The lowest BCUT2D eigenvalue weighted by molar-refractivity contribution is 0.526. The zero-order chi connectivity index (χ0) is 11.7. The van der Waals surface area contributed by atoms with Crippen molar-refractivity contribution in [1.82, 2.24) is 5.32 Å².